The van der Waals surface area contributed by atoms with E-state index in [0.717, 1.165) is 5.84 Å². The summed E-state index contributed by atoms with van der Waals surface area (Å²) in [6.45, 7) is 10.9. The van der Waals surface area contributed by atoms with Gasteiger partial charge in [0.05, 0.1) is 16.9 Å². The van der Waals surface area contributed by atoms with Crippen LogP contribution in [-0.2, 0) is 11.1 Å². The highest BCUT2D eigenvalue weighted by molar-refractivity contribution is 5.81. The second-order valence-electron chi connectivity index (χ2n) is 7.07. The van der Waals surface area contributed by atoms with Crippen LogP contribution in [0, 0.1) is 0 Å². The maximum Gasteiger partial charge on any atom is 0.0972 e. The van der Waals surface area contributed by atoms with Crippen molar-refractivity contribution in [1.82, 2.24) is 4.90 Å². The van der Waals surface area contributed by atoms with E-state index in [0.29, 0.717) is 0 Å². The molecule has 23 heavy (non-hydrogen) atoms. The third-order valence-corrected chi connectivity index (χ3v) is 4.73. The summed E-state index contributed by atoms with van der Waals surface area (Å²) in [6.07, 6.45) is 0. The molecule has 0 radical (unpaired) electrons. The Morgan fingerprint density at radius 2 is 1.22 bits per heavy atom. The van der Waals surface area contributed by atoms with Gasteiger partial charge in [0.25, 0.3) is 0 Å². The lowest BCUT2D eigenvalue weighted by atomic mass is 9.92. The van der Waals surface area contributed by atoms with E-state index in [-0.39, 0.29) is 11.1 Å². The fourth-order valence-electron chi connectivity index (χ4n) is 2.83. The van der Waals surface area contributed by atoms with Gasteiger partial charge in [0.2, 0.25) is 0 Å². The van der Waals surface area contributed by atoms with Gasteiger partial charge in [0, 0.05) is 7.05 Å². The largest absolute Gasteiger partial charge is 0.354 e. The first-order valence-corrected chi connectivity index (χ1v) is 8.16. The van der Waals surface area contributed by atoms with Crippen LogP contribution in [0.25, 0.3) is 0 Å². The lowest BCUT2D eigenvalue weighted by Gasteiger charge is -2.38. The summed E-state index contributed by atoms with van der Waals surface area (Å²) in [4.78, 5) is 7.27. The fraction of sp³-hybridized carbons (Fsp3) is 0.381. The number of amidine groups is 1. The molecular weight excluding hydrogens is 280 g/mol. The summed E-state index contributed by atoms with van der Waals surface area (Å²) in [7, 11) is 2.12. The van der Waals surface area contributed by atoms with Crippen LogP contribution >= 0.6 is 0 Å². The zero-order valence-corrected chi connectivity index (χ0v) is 15.2. The molecule has 0 heterocycles. The molecule has 0 bridgehead atoms. The lowest BCUT2D eigenvalue weighted by molar-refractivity contribution is 0.254. The Kier molecular flexibility index (Phi) is 4.93. The van der Waals surface area contributed by atoms with Crippen molar-refractivity contribution in [1.29, 1.82) is 0 Å². The molecule has 2 aromatic carbocycles. The molecule has 0 unspecified atom stereocenters. The smallest absolute Gasteiger partial charge is 0.0972 e. The van der Waals surface area contributed by atoms with Gasteiger partial charge in [0.15, 0.2) is 0 Å². The minimum atomic E-state index is -0.244. The van der Waals surface area contributed by atoms with Gasteiger partial charge >= 0.3 is 0 Å². The van der Waals surface area contributed by atoms with Crippen molar-refractivity contribution in [3.63, 3.8) is 0 Å². The predicted octanol–water partition coefficient (Wildman–Crippen LogP) is 5.21. The normalized spacial score (nSPS) is 13.0. The van der Waals surface area contributed by atoms with E-state index in [1.54, 1.807) is 0 Å². The van der Waals surface area contributed by atoms with E-state index in [4.69, 9.17) is 4.99 Å². The van der Waals surface area contributed by atoms with Crippen LogP contribution in [0.5, 0.6) is 0 Å². The number of benzene rings is 2. The molecule has 0 aliphatic heterocycles. The van der Waals surface area contributed by atoms with Gasteiger partial charge in [-0.25, -0.2) is 0 Å². The number of nitrogens with zero attached hydrogens (tertiary/aromatic N) is 2. The molecule has 0 aromatic heterocycles. The molecule has 2 nitrogen and oxygen atoms in total. The summed E-state index contributed by atoms with van der Waals surface area (Å²) in [5, 5.41) is 0. The Labute approximate surface area is 140 Å². The number of aliphatic imine (C=N–C) groups is 1. The Morgan fingerprint density at radius 3 is 1.70 bits per heavy atom. The predicted molar refractivity (Wildman–Crippen MR) is 99.8 cm³/mol. The molecule has 0 fully saturated rings. The van der Waals surface area contributed by atoms with Crippen LogP contribution in [0.15, 0.2) is 65.7 Å². The third kappa shape index (κ3) is 3.82. The van der Waals surface area contributed by atoms with Crippen LogP contribution in [-0.4, -0.2) is 17.8 Å². The average molecular weight is 308 g/mol. The van der Waals surface area contributed by atoms with E-state index >= 15 is 0 Å². The van der Waals surface area contributed by atoms with E-state index in [1.807, 2.05) is 6.07 Å². The fourth-order valence-corrected chi connectivity index (χ4v) is 2.83. The molecule has 0 saturated heterocycles. The Bertz CT molecular complexity index is 655. The maximum absolute atomic E-state index is 5.01. The molecule has 0 spiro atoms. The second kappa shape index (κ2) is 6.57. The van der Waals surface area contributed by atoms with Crippen molar-refractivity contribution in [3.05, 3.63) is 71.8 Å². The summed E-state index contributed by atoms with van der Waals surface area (Å²) >= 11 is 0. The maximum atomic E-state index is 5.01. The molecular formula is C21H28N2. The topological polar surface area (TPSA) is 15.6 Å². The van der Waals surface area contributed by atoms with Crippen LogP contribution < -0.4 is 0 Å². The molecule has 2 rings (SSSR count). The van der Waals surface area contributed by atoms with E-state index in [2.05, 4.69) is 101 Å². The van der Waals surface area contributed by atoms with Gasteiger partial charge in [-0.1, -0.05) is 60.7 Å². The van der Waals surface area contributed by atoms with Gasteiger partial charge < -0.3 is 4.90 Å². The van der Waals surface area contributed by atoms with Crippen molar-refractivity contribution in [2.24, 2.45) is 4.99 Å². The highest BCUT2D eigenvalue weighted by Gasteiger charge is 2.28. The van der Waals surface area contributed by atoms with Gasteiger partial charge in [0.1, 0.15) is 0 Å². The van der Waals surface area contributed by atoms with Crippen molar-refractivity contribution < 1.29 is 0 Å². The standard InChI is InChI=1S/C21H28N2/c1-17(22-20(2,3)18-13-9-7-10-14-18)23(6)21(4,5)19-15-11-8-12-16-19/h7-16H,1-6H3. The van der Waals surface area contributed by atoms with E-state index in [1.165, 1.54) is 11.1 Å². The van der Waals surface area contributed by atoms with Gasteiger partial charge in [-0.3, -0.25) is 4.99 Å². The average Bonchev–Trinajstić information content (AvgIpc) is 2.55. The lowest BCUT2D eigenvalue weighted by Crippen LogP contribution is -2.42. The van der Waals surface area contributed by atoms with Crippen LogP contribution in [0.1, 0.15) is 45.7 Å². The molecule has 2 heteroatoms. The number of hydrogen-bond acceptors (Lipinski definition) is 1. The minimum absolute atomic E-state index is 0.110. The van der Waals surface area contributed by atoms with Crippen molar-refractivity contribution in [2.45, 2.75) is 45.7 Å². The van der Waals surface area contributed by atoms with Gasteiger partial charge in [-0.15, -0.1) is 0 Å². The summed E-state index contributed by atoms with van der Waals surface area (Å²) in [5.41, 5.74) is 2.16. The third-order valence-electron chi connectivity index (χ3n) is 4.73. The monoisotopic (exact) mass is 308 g/mol. The quantitative estimate of drug-likeness (QED) is 0.559. The zero-order valence-electron chi connectivity index (χ0n) is 15.2. The van der Waals surface area contributed by atoms with Crippen LogP contribution in [0.3, 0.4) is 0 Å². The molecule has 0 saturated carbocycles. The van der Waals surface area contributed by atoms with Crippen molar-refractivity contribution >= 4 is 5.84 Å². The highest BCUT2D eigenvalue weighted by Crippen LogP contribution is 2.29. The Balaban J connectivity index is 2.30. The highest BCUT2D eigenvalue weighted by atomic mass is 15.2. The van der Waals surface area contributed by atoms with E-state index in [9.17, 15) is 0 Å². The Hall–Kier alpha value is -2.09. The van der Waals surface area contributed by atoms with Crippen molar-refractivity contribution in [2.75, 3.05) is 7.05 Å². The summed E-state index contributed by atoms with van der Waals surface area (Å²) < 4.78 is 0. The zero-order chi connectivity index (χ0) is 17.1. The van der Waals surface area contributed by atoms with E-state index < -0.39 is 0 Å². The summed E-state index contributed by atoms with van der Waals surface area (Å²) in [5.74, 6) is 1.03. The minimum Gasteiger partial charge on any atom is -0.354 e. The molecule has 0 aliphatic carbocycles. The SMILES string of the molecule is CC(=NC(C)(C)c1ccccc1)N(C)C(C)(C)c1ccccc1. The van der Waals surface area contributed by atoms with Crippen LogP contribution in [0.2, 0.25) is 0 Å². The molecule has 2 aromatic rings. The first kappa shape index (κ1) is 17.3. The van der Waals surface area contributed by atoms with Crippen molar-refractivity contribution in [3.8, 4) is 0 Å². The number of rotatable bonds is 4. The van der Waals surface area contributed by atoms with Gasteiger partial charge in [-0.05, 0) is 45.7 Å². The molecule has 0 aliphatic rings. The molecule has 0 amide bonds. The number of hydrogen-bond donors (Lipinski definition) is 0. The first-order chi connectivity index (χ1) is 10.7. The molecule has 0 N–H and O–H groups in total. The second-order valence-corrected chi connectivity index (χ2v) is 7.07. The molecule has 0 atom stereocenters. The van der Waals surface area contributed by atoms with Gasteiger partial charge in [-0.2, -0.15) is 0 Å². The van der Waals surface area contributed by atoms with Crippen LogP contribution in [0.4, 0.5) is 0 Å². The molecule has 122 valence electrons. The first-order valence-electron chi connectivity index (χ1n) is 8.16. The Morgan fingerprint density at radius 1 is 0.783 bits per heavy atom. The summed E-state index contributed by atoms with van der Waals surface area (Å²) in [6, 6.07) is 21.0.